The predicted molar refractivity (Wildman–Crippen MR) is 126 cm³/mol. The predicted octanol–water partition coefficient (Wildman–Crippen LogP) is 2.32. The SMILES string of the molecule is CNC(=S)Nc1ccc(-c2nc(N3CCOC[C@@H]3C)cc(C3(S(C)(=O)=O)CC3)n2)cc1. The molecule has 0 spiro atoms. The number of aromatic nitrogens is 2. The molecule has 2 aromatic rings. The maximum atomic E-state index is 12.6. The van der Waals surface area contributed by atoms with Gasteiger partial charge in [-0.05, 0) is 56.2 Å². The van der Waals surface area contributed by atoms with Crippen LogP contribution in [0, 0.1) is 0 Å². The fourth-order valence-corrected chi connectivity index (χ4v) is 5.28. The van der Waals surface area contributed by atoms with Gasteiger partial charge < -0.3 is 20.3 Å². The average Bonchev–Trinajstić information content (AvgIpc) is 3.56. The van der Waals surface area contributed by atoms with Crippen LogP contribution in [-0.2, 0) is 19.3 Å². The third kappa shape index (κ3) is 4.37. The van der Waals surface area contributed by atoms with E-state index < -0.39 is 14.6 Å². The van der Waals surface area contributed by atoms with Crippen LogP contribution in [0.15, 0.2) is 30.3 Å². The second-order valence-corrected chi connectivity index (χ2v) is 10.8. The number of hydrogen-bond donors (Lipinski definition) is 2. The molecule has 2 aliphatic rings. The van der Waals surface area contributed by atoms with E-state index in [1.54, 1.807) is 7.05 Å². The van der Waals surface area contributed by atoms with Crippen molar-refractivity contribution in [2.75, 3.05) is 43.3 Å². The number of morpholine rings is 1. The van der Waals surface area contributed by atoms with Gasteiger partial charge in [0.25, 0.3) is 0 Å². The average molecular weight is 462 g/mol. The summed E-state index contributed by atoms with van der Waals surface area (Å²) < 4.78 is 29.8. The van der Waals surface area contributed by atoms with Crippen LogP contribution in [0.2, 0.25) is 0 Å². The smallest absolute Gasteiger partial charge is 0.170 e. The van der Waals surface area contributed by atoms with E-state index in [2.05, 4.69) is 22.5 Å². The summed E-state index contributed by atoms with van der Waals surface area (Å²) in [6.45, 7) is 4.00. The Morgan fingerprint density at radius 2 is 1.97 bits per heavy atom. The second-order valence-electron chi connectivity index (χ2n) is 8.10. The van der Waals surface area contributed by atoms with Gasteiger partial charge in [0.05, 0.1) is 24.9 Å². The summed E-state index contributed by atoms with van der Waals surface area (Å²) in [7, 11) is -1.54. The molecule has 31 heavy (non-hydrogen) atoms. The number of ether oxygens (including phenoxy) is 1. The Bertz CT molecular complexity index is 1080. The molecule has 1 aliphatic carbocycles. The van der Waals surface area contributed by atoms with Gasteiger partial charge in [-0.25, -0.2) is 18.4 Å². The van der Waals surface area contributed by atoms with Crippen LogP contribution >= 0.6 is 12.2 Å². The molecule has 0 radical (unpaired) electrons. The van der Waals surface area contributed by atoms with Gasteiger partial charge in [0.2, 0.25) is 0 Å². The van der Waals surface area contributed by atoms with Gasteiger partial charge in [0.1, 0.15) is 10.6 Å². The fourth-order valence-electron chi connectivity index (χ4n) is 3.84. The molecule has 0 amide bonds. The van der Waals surface area contributed by atoms with Crippen LogP contribution in [0.3, 0.4) is 0 Å². The zero-order valence-corrected chi connectivity index (χ0v) is 19.5. The summed E-state index contributed by atoms with van der Waals surface area (Å²) in [4.78, 5) is 11.7. The molecule has 2 heterocycles. The van der Waals surface area contributed by atoms with Gasteiger partial charge in [-0.15, -0.1) is 0 Å². The van der Waals surface area contributed by atoms with E-state index in [4.69, 9.17) is 26.9 Å². The summed E-state index contributed by atoms with van der Waals surface area (Å²) >= 11 is 5.14. The van der Waals surface area contributed by atoms with Crippen molar-refractivity contribution in [1.82, 2.24) is 15.3 Å². The quantitative estimate of drug-likeness (QED) is 0.650. The third-order valence-electron chi connectivity index (χ3n) is 5.88. The highest BCUT2D eigenvalue weighted by Crippen LogP contribution is 2.52. The number of benzene rings is 1. The van der Waals surface area contributed by atoms with Crippen molar-refractivity contribution < 1.29 is 13.2 Å². The summed E-state index contributed by atoms with van der Waals surface area (Å²) in [5.74, 6) is 1.26. The Kier molecular flexibility index (Phi) is 5.89. The van der Waals surface area contributed by atoms with Gasteiger partial charge in [-0.2, -0.15) is 0 Å². The van der Waals surface area contributed by atoms with Gasteiger partial charge in [0.15, 0.2) is 20.8 Å². The fraction of sp³-hybridized carbons (Fsp3) is 0.476. The summed E-state index contributed by atoms with van der Waals surface area (Å²) in [5.41, 5.74) is 2.23. The molecule has 10 heteroatoms. The molecule has 1 saturated carbocycles. The molecule has 166 valence electrons. The van der Waals surface area contributed by atoms with Crippen molar-refractivity contribution in [3.63, 3.8) is 0 Å². The lowest BCUT2D eigenvalue weighted by atomic mass is 10.1. The van der Waals surface area contributed by atoms with E-state index in [0.29, 0.717) is 49.2 Å². The van der Waals surface area contributed by atoms with Gasteiger partial charge >= 0.3 is 0 Å². The molecule has 0 bridgehead atoms. The van der Waals surface area contributed by atoms with Gasteiger partial charge in [-0.3, -0.25) is 0 Å². The van der Waals surface area contributed by atoms with E-state index in [9.17, 15) is 8.42 Å². The Balaban J connectivity index is 1.76. The molecule has 1 aromatic heterocycles. The summed E-state index contributed by atoms with van der Waals surface area (Å²) in [6.07, 6.45) is 2.47. The van der Waals surface area contributed by atoms with E-state index in [-0.39, 0.29) is 6.04 Å². The van der Waals surface area contributed by atoms with Crippen LogP contribution in [-0.4, -0.2) is 62.6 Å². The first-order valence-electron chi connectivity index (χ1n) is 10.3. The van der Waals surface area contributed by atoms with Gasteiger partial charge in [0, 0.05) is 37.2 Å². The third-order valence-corrected chi connectivity index (χ3v) is 8.23. The van der Waals surface area contributed by atoms with Crippen molar-refractivity contribution >= 4 is 38.7 Å². The minimum atomic E-state index is -3.29. The summed E-state index contributed by atoms with van der Waals surface area (Å²) in [5, 5.41) is 6.48. The number of rotatable bonds is 5. The molecule has 1 atom stereocenters. The highest BCUT2D eigenvalue weighted by molar-refractivity contribution is 7.92. The Morgan fingerprint density at radius 3 is 2.55 bits per heavy atom. The normalized spacial score (nSPS) is 20.2. The maximum absolute atomic E-state index is 12.6. The molecule has 1 aromatic carbocycles. The molecule has 2 fully saturated rings. The lowest BCUT2D eigenvalue weighted by Crippen LogP contribution is -2.44. The lowest BCUT2D eigenvalue weighted by Gasteiger charge is -2.34. The number of hydrogen-bond acceptors (Lipinski definition) is 7. The molecule has 8 nitrogen and oxygen atoms in total. The molecule has 0 unspecified atom stereocenters. The number of nitrogens with zero attached hydrogens (tertiary/aromatic N) is 3. The van der Waals surface area contributed by atoms with E-state index in [1.807, 2.05) is 30.3 Å². The Labute approximate surface area is 188 Å². The van der Waals surface area contributed by atoms with Crippen molar-refractivity contribution in [3.05, 3.63) is 36.0 Å². The molecule has 1 aliphatic heterocycles. The number of anilines is 2. The highest BCUT2D eigenvalue weighted by Gasteiger charge is 2.55. The van der Waals surface area contributed by atoms with Crippen LogP contribution in [0.5, 0.6) is 0 Å². The largest absolute Gasteiger partial charge is 0.377 e. The van der Waals surface area contributed by atoms with E-state index in [0.717, 1.165) is 17.1 Å². The second kappa shape index (κ2) is 8.33. The highest BCUT2D eigenvalue weighted by atomic mass is 32.2. The van der Waals surface area contributed by atoms with Crippen LogP contribution in [0.4, 0.5) is 11.5 Å². The number of thiocarbonyl (C=S) groups is 1. The van der Waals surface area contributed by atoms with E-state index in [1.165, 1.54) is 6.26 Å². The van der Waals surface area contributed by atoms with Gasteiger partial charge in [-0.1, -0.05) is 0 Å². The zero-order chi connectivity index (χ0) is 22.2. The summed E-state index contributed by atoms with van der Waals surface area (Å²) in [6, 6.07) is 9.61. The molecule has 2 N–H and O–H groups in total. The standard InChI is InChI=1S/C21H27N5O3S2/c1-14-13-29-11-10-26(14)18-12-17(21(8-9-21)31(3,27)28)24-19(25-18)15-4-6-16(7-5-15)23-20(30)22-2/h4-7,12,14H,8-11,13H2,1-3H3,(H2,22,23,30)/t14-/m0/s1. The minimum absolute atomic E-state index is 0.145. The Hall–Kier alpha value is -2.30. The molecular weight excluding hydrogens is 434 g/mol. The first-order valence-corrected chi connectivity index (χ1v) is 12.6. The number of nitrogens with one attached hydrogen (secondary N) is 2. The van der Waals surface area contributed by atoms with Crippen molar-refractivity contribution in [1.29, 1.82) is 0 Å². The lowest BCUT2D eigenvalue weighted by molar-refractivity contribution is 0.0985. The first kappa shape index (κ1) is 21.9. The topological polar surface area (TPSA) is 96.5 Å². The van der Waals surface area contributed by atoms with Crippen LogP contribution < -0.4 is 15.5 Å². The first-order chi connectivity index (χ1) is 14.7. The Morgan fingerprint density at radius 1 is 1.26 bits per heavy atom. The van der Waals surface area contributed by atoms with Crippen LogP contribution in [0.25, 0.3) is 11.4 Å². The zero-order valence-electron chi connectivity index (χ0n) is 17.9. The van der Waals surface area contributed by atoms with Crippen LogP contribution in [0.1, 0.15) is 25.5 Å². The van der Waals surface area contributed by atoms with Crippen molar-refractivity contribution in [2.24, 2.45) is 0 Å². The molecular formula is C21H27N5O3S2. The monoisotopic (exact) mass is 461 g/mol. The van der Waals surface area contributed by atoms with Crippen molar-refractivity contribution in [2.45, 2.75) is 30.6 Å². The molecule has 1 saturated heterocycles. The minimum Gasteiger partial charge on any atom is -0.377 e. The molecule has 4 rings (SSSR count). The van der Waals surface area contributed by atoms with E-state index >= 15 is 0 Å². The maximum Gasteiger partial charge on any atom is 0.170 e. The number of sulfone groups is 1. The van der Waals surface area contributed by atoms with Crippen molar-refractivity contribution in [3.8, 4) is 11.4 Å².